The number of hydrogen-bond donors (Lipinski definition) is 3. The van der Waals surface area contributed by atoms with Gasteiger partial charge < -0.3 is 15.7 Å². The van der Waals surface area contributed by atoms with Crippen LogP contribution in [0.5, 0.6) is 5.75 Å². The molecule has 0 aromatic heterocycles. The number of Topliss-reactive ketones (excluding diaryl/α,β-unsaturated/α-hetero) is 1. The molecule has 1 fully saturated rings. The van der Waals surface area contributed by atoms with Crippen LogP contribution in [0.2, 0.25) is 5.02 Å². The highest BCUT2D eigenvalue weighted by Crippen LogP contribution is 2.36. The van der Waals surface area contributed by atoms with Crippen LogP contribution in [0, 0.1) is 5.92 Å². The van der Waals surface area contributed by atoms with Gasteiger partial charge in [0.2, 0.25) is 0 Å². The van der Waals surface area contributed by atoms with Gasteiger partial charge in [0.15, 0.2) is 5.78 Å². The highest BCUT2D eigenvalue weighted by atomic mass is 35.5. The number of urea groups is 1. The van der Waals surface area contributed by atoms with Crippen LogP contribution in [0.1, 0.15) is 64.0 Å². The summed E-state index contributed by atoms with van der Waals surface area (Å²) in [5, 5.41) is 15.5. The molecular formula is C22H27ClN2O3. The fourth-order valence-electron chi connectivity index (χ4n) is 4.09. The van der Waals surface area contributed by atoms with Crippen LogP contribution < -0.4 is 10.6 Å². The van der Waals surface area contributed by atoms with E-state index in [-0.39, 0.29) is 22.6 Å². The first-order valence-electron chi connectivity index (χ1n) is 9.89. The molecule has 3 rings (SSSR count). The lowest BCUT2D eigenvalue weighted by Gasteiger charge is -2.31. The van der Waals surface area contributed by atoms with E-state index in [1.54, 1.807) is 12.1 Å². The van der Waals surface area contributed by atoms with Crippen LogP contribution in [0.25, 0.3) is 0 Å². The Hall–Kier alpha value is -2.27. The number of carbonyl (C=O) groups is 2. The molecule has 2 aliphatic rings. The lowest BCUT2D eigenvalue weighted by Crippen LogP contribution is -2.45. The van der Waals surface area contributed by atoms with Crippen molar-refractivity contribution in [2.75, 3.05) is 0 Å². The van der Waals surface area contributed by atoms with Crippen molar-refractivity contribution in [3.8, 4) is 5.75 Å². The predicted octanol–water partition coefficient (Wildman–Crippen LogP) is 5.16. The Bertz CT molecular complexity index is 834. The molecule has 0 bridgehead atoms. The lowest BCUT2D eigenvalue weighted by molar-refractivity contribution is -0.117. The third-order valence-electron chi connectivity index (χ3n) is 5.74. The van der Waals surface area contributed by atoms with Gasteiger partial charge >= 0.3 is 6.03 Å². The van der Waals surface area contributed by atoms with Gasteiger partial charge in [-0.3, -0.25) is 4.79 Å². The summed E-state index contributed by atoms with van der Waals surface area (Å²) in [6, 6.07) is 3.88. The zero-order valence-electron chi connectivity index (χ0n) is 16.3. The van der Waals surface area contributed by atoms with E-state index in [9.17, 15) is 14.7 Å². The van der Waals surface area contributed by atoms with Gasteiger partial charge in [0.1, 0.15) is 5.75 Å². The molecule has 1 atom stereocenters. The number of rotatable bonds is 5. The SMILES string of the molecule is CC=C1CCC(CC(=O)C2=C(CC)NC(=O)NC2c2ccc(O)c(Cl)c2)CC1. The largest absolute Gasteiger partial charge is 0.506 e. The number of phenolic OH excluding ortho intramolecular Hbond substituents is 1. The predicted molar refractivity (Wildman–Crippen MR) is 110 cm³/mol. The van der Waals surface area contributed by atoms with Crippen molar-refractivity contribution in [3.05, 3.63) is 51.7 Å². The summed E-state index contributed by atoms with van der Waals surface area (Å²) in [6.45, 7) is 4.00. The minimum Gasteiger partial charge on any atom is -0.506 e. The molecule has 1 aromatic carbocycles. The highest BCUT2D eigenvalue weighted by molar-refractivity contribution is 6.32. The van der Waals surface area contributed by atoms with Crippen molar-refractivity contribution in [1.29, 1.82) is 0 Å². The first kappa shape index (κ1) is 20.5. The summed E-state index contributed by atoms with van der Waals surface area (Å²) in [5.74, 6) is 0.399. The van der Waals surface area contributed by atoms with Crippen LogP contribution in [0.3, 0.4) is 0 Å². The summed E-state index contributed by atoms with van der Waals surface area (Å²) in [5.41, 5.74) is 3.42. The third kappa shape index (κ3) is 4.41. The number of halogens is 1. The molecule has 28 heavy (non-hydrogen) atoms. The molecule has 150 valence electrons. The molecule has 6 heteroatoms. The van der Waals surface area contributed by atoms with Gasteiger partial charge in [-0.15, -0.1) is 0 Å². The van der Waals surface area contributed by atoms with E-state index in [0.717, 1.165) is 25.7 Å². The number of benzene rings is 1. The zero-order valence-corrected chi connectivity index (χ0v) is 17.1. The fraction of sp³-hybridized carbons (Fsp3) is 0.455. The van der Waals surface area contributed by atoms with Gasteiger partial charge in [0, 0.05) is 17.7 Å². The highest BCUT2D eigenvalue weighted by Gasteiger charge is 2.33. The van der Waals surface area contributed by atoms with Crippen molar-refractivity contribution in [3.63, 3.8) is 0 Å². The number of nitrogens with one attached hydrogen (secondary N) is 2. The Labute approximate surface area is 170 Å². The molecule has 0 saturated heterocycles. The first-order valence-corrected chi connectivity index (χ1v) is 10.3. The number of amides is 2. The van der Waals surface area contributed by atoms with Gasteiger partial charge in [-0.2, -0.15) is 0 Å². The Morgan fingerprint density at radius 3 is 2.64 bits per heavy atom. The normalized spacial score (nSPS) is 22.5. The monoisotopic (exact) mass is 402 g/mol. The van der Waals surface area contributed by atoms with Crippen LogP contribution in [0.15, 0.2) is 41.1 Å². The van der Waals surface area contributed by atoms with Gasteiger partial charge in [0.25, 0.3) is 0 Å². The van der Waals surface area contributed by atoms with Crippen LogP contribution in [-0.2, 0) is 4.79 Å². The van der Waals surface area contributed by atoms with Crippen LogP contribution in [0.4, 0.5) is 4.79 Å². The Morgan fingerprint density at radius 2 is 2.04 bits per heavy atom. The van der Waals surface area contributed by atoms with E-state index in [2.05, 4.69) is 23.6 Å². The number of allylic oxidation sites excluding steroid dienone is 3. The average molecular weight is 403 g/mol. The van der Waals surface area contributed by atoms with Crippen molar-refractivity contribution in [1.82, 2.24) is 10.6 Å². The van der Waals surface area contributed by atoms with E-state index in [4.69, 9.17) is 11.6 Å². The first-order chi connectivity index (χ1) is 13.4. The van der Waals surface area contributed by atoms with Gasteiger partial charge in [0.05, 0.1) is 11.1 Å². The van der Waals surface area contributed by atoms with Gasteiger partial charge in [-0.05, 0) is 62.6 Å². The van der Waals surface area contributed by atoms with Crippen molar-refractivity contribution in [2.45, 2.75) is 58.4 Å². The van der Waals surface area contributed by atoms with E-state index < -0.39 is 6.04 Å². The molecular weight excluding hydrogens is 376 g/mol. The summed E-state index contributed by atoms with van der Waals surface area (Å²) >= 11 is 6.07. The maximum absolute atomic E-state index is 13.3. The molecule has 5 nitrogen and oxygen atoms in total. The van der Waals surface area contributed by atoms with Gasteiger partial charge in [-0.1, -0.05) is 36.2 Å². The van der Waals surface area contributed by atoms with Crippen LogP contribution >= 0.6 is 11.6 Å². The molecule has 3 N–H and O–H groups in total. The molecule has 2 amide bonds. The number of phenols is 1. The summed E-state index contributed by atoms with van der Waals surface area (Å²) in [7, 11) is 0. The van der Waals surface area contributed by atoms with Crippen molar-refractivity contribution < 1.29 is 14.7 Å². The Morgan fingerprint density at radius 1 is 1.32 bits per heavy atom. The second kappa shape index (κ2) is 8.82. The summed E-state index contributed by atoms with van der Waals surface area (Å²) in [4.78, 5) is 25.4. The van der Waals surface area contributed by atoms with E-state index in [0.29, 0.717) is 35.6 Å². The second-order valence-electron chi connectivity index (χ2n) is 7.51. The van der Waals surface area contributed by atoms with Crippen molar-refractivity contribution >= 4 is 23.4 Å². The number of aromatic hydroxyl groups is 1. The third-order valence-corrected chi connectivity index (χ3v) is 6.05. The molecule has 1 saturated carbocycles. The zero-order chi connectivity index (χ0) is 20.3. The molecule has 1 aliphatic heterocycles. The van der Waals surface area contributed by atoms with E-state index in [1.165, 1.54) is 11.6 Å². The minimum atomic E-state index is -0.566. The molecule has 0 radical (unpaired) electrons. The molecule has 0 spiro atoms. The standard InChI is InChI=1S/C22H27ClN2O3/c1-3-13-5-7-14(8-6-13)11-19(27)20-17(4-2)24-22(28)25-21(20)15-9-10-18(26)16(23)12-15/h3,9-10,12,14,21,26H,4-8,11H2,1-2H3,(H2,24,25,28). The topological polar surface area (TPSA) is 78.4 Å². The second-order valence-corrected chi connectivity index (χ2v) is 7.91. The number of ketones is 1. The Balaban J connectivity index is 1.87. The van der Waals surface area contributed by atoms with E-state index >= 15 is 0 Å². The molecule has 1 aromatic rings. The molecule has 1 aliphatic carbocycles. The summed E-state index contributed by atoms with van der Waals surface area (Å²) in [6.07, 6.45) is 7.38. The quantitative estimate of drug-likeness (QED) is 0.595. The fourth-order valence-corrected chi connectivity index (χ4v) is 4.28. The maximum Gasteiger partial charge on any atom is 0.319 e. The van der Waals surface area contributed by atoms with E-state index in [1.807, 2.05) is 6.92 Å². The number of hydrogen-bond acceptors (Lipinski definition) is 3. The molecule has 1 heterocycles. The van der Waals surface area contributed by atoms with Crippen molar-refractivity contribution in [2.24, 2.45) is 5.92 Å². The lowest BCUT2D eigenvalue weighted by atomic mass is 9.80. The summed E-state index contributed by atoms with van der Waals surface area (Å²) < 4.78 is 0. The van der Waals surface area contributed by atoms with Gasteiger partial charge in [-0.25, -0.2) is 4.79 Å². The Kier molecular flexibility index (Phi) is 6.45. The minimum absolute atomic E-state index is 0.0276. The molecule has 1 unspecified atom stereocenters. The average Bonchev–Trinajstić information content (AvgIpc) is 2.69. The maximum atomic E-state index is 13.3. The smallest absolute Gasteiger partial charge is 0.319 e. The number of carbonyl (C=O) groups excluding carboxylic acids is 2. The van der Waals surface area contributed by atoms with Crippen LogP contribution in [-0.4, -0.2) is 16.9 Å².